The van der Waals surface area contributed by atoms with E-state index in [1.54, 1.807) is 39.0 Å². The van der Waals surface area contributed by atoms with Gasteiger partial charge >= 0.3 is 18.0 Å². The summed E-state index contributed by atoms with van der Waals surface area (Å²) in [6.07, 6.45) is 2.48. The minimum Gasteiger partial charge on any atom is -0.479 e. The van der Waals surface area contributed by atoms with Crippen molar-refractivity contribution < 1.29 is 47.7 Å². The molecule has 0 bridgehead atoms. The van der Waals surface area contributed by atoms with Crippen LogP contribution < -0.4 is 5.32 Å². The second-order valence-electron chi connectivity index (χ2n) is 13.2. The Bertz CT molecular complexity index is 1390. The molecule has 0 aromatic heterocycles. The molecule has 5 rings (SSSR count). The molecule has 1 saturated heterocycles. The summed E-state index contributed by atoms with van der Waals surface area (Å²) >= 11 is 0. The molecule has 12 nitrogen and oxygen atoms in total. The Morgan fingerprint density at radius 2 is 1.96 bits per heavy atom. The van der Waals surface area contributed by atoms with Gasteiger partial charge in [0.1, 0.15) is 29.1 Å². The highest BCUT2D eigenvalue weighted by atomic mass is 19.1. The number of carboxylic acids is 1. The number of esters is 1. The van der Waals surface area contributed by atoms with Crippen LogP contribution in [0.4, 0.5) is 9.18 Å². The molecule has 244 valence electrons. The lowest BCUT2D eigenvalue weighted by Gasteiger charge is -2.29. The molecule has 0 spiro atoms. The quantitative estimate of drug-likeness (QED) is 0.378. The highest BCUT2D eigenvalue weighted by Crippen LogP contribution is 2.45. The van der Waals surface area contributed by atoms with Gasteiger partial charge in [-0.3, -0.25) is 19.3 Å². The Morgan fingerprint density at radius 3 is 2.67 bits per heavy atom. The first-order valence-corrected chi connectivity index (χ1v) is 15.3. The maximum atomic E-state index is 14.3. The third-order valence-electron chi connectivity index (χ3n) is 8.63. The van der Waals surface area contributed by atoms with Gasteiger partial charge in [0.05, 0.1) is 32.0 Å². The zero-order valence-electron chi connectivity index (χ0n) is 25.8. The molecular weight excluding hydrogens is 589 g/mol. The lowest BCUT2D eigenvalue weighted by Crippen LogP contribution is -2.54. The van der Waals surface area contributed by atoms with Crippen LogP contribution >= 0.6 is 0 Å². The van der Waals surface area contributed by atoms with E-state index in [-0.39, 0.29) is 51.9 Å². The third-order valence-corrected chi connectivity index (χ3v) is 8.63. The van der Waals surface area contributed by atoms with Crippen molar-refractivity contribution in [3.8, 4) is 0 Å². The van der Waals surface area contributed by atoms with Crippen molar-refractivity contribution >= 4 is 29.8 Å². The highest BCUT2D eigenvalue weighted by molar-refractivity contribution is 5.95. The molecule has 5 atom stereocenters. The molecule has 2 N–H and O–H groups in total. The van der Waals surface area contributed by atoms with E-state index in [4.69, 9.17) is 14.2 Å². The van der Waals surface area contributed by atoms with Gasteiger partial charge < -0.3 is 29.5 Å². The van der Waals surface area contributed by atoms with Crippen molar-refractivity contribution in [2.75, 3.05) is 19.8 Å². The number of nitrogens with zero attached hydrogens (tertiary/aromatic N) is 2. The number of hydrogen-bond donors (Lipinski definition) is 2. The number of nitrogens with one attached hydrogen (secondary N) is 1. The zero-order chi connectivity index (χ0) is 32.5. The molecule has 13 heteroatoms. The number of hydrogen-bond acceptors (Lipinski definition) is 8. The second kappa shape index (κ2) is 12.8. The van der Waals surface area contributed by atoms with Gasteiger partial charge in [0.25, 0.3) is 0 Å². The molecule has 3 heterocycles. The topological polar surface area (TPSA) is 152 Å². The van der Waals surface area contributed by atoms with Gasteiger partial charge in [-0.05, 0) is 51.7 Å². The Morgan fingerprint density at radius 1 is 1.18 bits per heavy atom. The van der Waals surface area contributed by atoms with Crippen LogP contribution in [0.5, 0.6) is 0 Å². The molecule has 0 radical (unpaired) electrons. The van der Waals surface area contributed by atoms with E-state index >= 15 is 0 Å². The fourth-order valence-electron chi connectivity index (χ4n) is 6.24. The summed E-state index contributed by atoms with van der Waals surface area (Å²) in [7, 11) is 0. The smallest absolute Gasteiger partial charge is 0.410 e. The van der Waals surface area contributed by atoms with E-state index in [0.717, 1.165) is 0 Å². The predicted molar refractivity (Wildman–Crippen MR) is 156 cm³/mol. The monoisotopic (exact) mass is 629 g/mol. The average molecular weight is 630 g/mol. The number of fused-ring (bicyclic) bond motifs is 3. The van der Waals surface area contributed by atoms with Crippen molar-refractivity contribution in [3.63, 3.8) is 0 Å². The molecule has 1 aromatic rings. The van der Waals surface area contributed by atoms with Gasteiger partial charge in [0.2, 0.25) is 11.8 Å². The van der Waals surface area contributed by atoms with Crippen molar-refractivity contribution in [1.29, 1.82) is 0 Å². The number of carboxylic acid groups (broad SMARTS) is 1. The highest BCUT2D eigenvalue weighted by Gasteiger charge is 2.61. The summed E-state index contributed by atoms with van der Waals surface area (Å²) in [5.41, 5.74) is -1.22. The van der Waals surface area contributed by atoms with Crippen LogP contribution in [-0.4, -0.2) is 87.8 Å². The van der Waals surface area contributed by atoms with Crippen molar-refractivity contribution in [2.45, 2.75) is 89.3 Å². The number of benzene rings is 1. The van der Waals surface area contributed by atoms with Crippen LogP contribution in [0.1, 0.15) is 64.0 Å². The predicted octanol–water partition coefficient (Wildman–Crippen LogP) is 2.92. The van der Waals surface area contributed by atoms with Gasteiger partial charge in [-0.2, -0.15) is 0 Å². The minimum atomic E-state index is -1.51. The number of aliphatic carboxylic acids is 1. The molecule has 0 unspecified atom stereocenters. The van der Waals surface area contributed by atoms with Crippen LogP contribution in [0.15, 0.2) is 30.4 Å². The van der Waals surface area contributed by atoms with E-state index in [1.807, 2.05) is 6.08 Å². The third kappa shape index (κ3) is 7.29. The van der Waals surface area contributed by atoms with Gasteiger partial charge in [-0.25, -0.2) is 14.0 Å². The fraction of sp³-hybridized carbons (Fsp3) is 0.594. The molecular formula is C32H40FN3O9. The summed E-state index contributed by atoms with van der Waals surface area (Å²) in [4.78, 5) is 68.6. The van der Waals surface area contributed by atoms with Crippen molar-refractivity contribution in [2.24, 2.45) is 11.8 Å². The number of carbonyl (C=O) groups is 5. The Balaban J connectivity index is 1.37. The molecule has 1 saturated carbocycles. The minimum absolute atomic E-state index is 0.0219. The van der Waals surface area contributed by atoms with E-state index in [9.17, 15) is 33.5 Å². The lowest BCUT2D eigenvalue weighted by molar-refractivity contribution is -0.159. The van der Waals surface area contributed by atoms with Gasteiger partial charge in [0, 0.05) is 31.1 Å². The van der Waals surface area contributed by atoms with Gasteiger partial charge in [-0.1, -0.05) is 24.3 Å². The number of ether oxygens (including phenoxy) is 3. The SMILES string of the molecule is CC(C)(C)OC(=O)C[C@H]1CCOCC/C=C\[C@@H]2C[C@@]2(C(=O)O)NC(=O)[C@@H]2C[C@@H](OC(=O)N3Cc4cccc(F)c4C3)CN2C1=O. The summed E-state index contributed by atoms with van der Waals surface area (Å²) in [5, 5.41) is 12.7. The standard InChI is InChI=1S/C32H40FN3O9/c1-31(2,3)45-26(37)13-19-10-12-43-11-5-4-8-21-15-32(21,29(40)41)34-27(38)25-14-22(17-36(25)28(19)39)44-30(42)35-16-20-7-6-9-24(33)23(20)18-35/h4,6-9,19,21-22,25H,5,10-18H2,1-3H3,(H,34,38)(H,40,41)/b8-4-/t19-,21-,22-,25+,32-/m1/s1. The average Bonchev–Trinajstić information content (AvgIpc) is 3.27. The molecule has 45 heavy (non-hydrogen) atoms. The maximum Gasteiger partial charge on any atom is 0.410 e. The van der Waals surface area contributed by atoms with Crippen LogP contribution in [-0.2, 0) is 46.5 Å². The Hall–Kier alpha value is -4.00. The van der Waals surface area contributed by atoms with Crippen LogP contribution in [0, 0.1) is 17.7 Å². The molecule has 2 fully saturated rings. The molecule has 1 aliphatic carbocycles. The summed E-state index contributed by atoms with van der Waals surface area (Å²) in [6.45, 7) is 5.69. The van der Waals surface area contributed by atoms with Crippen molar-refractivity contribution in [3.05, 3.63) is 47.3 Å². The van der Waals surface area contributed by atoms with E-state index < -0.39 is 70.8 Å². The number of carbonyl (C=O) groups excluding carboxylic acids is 4. The molecule has 4 aliphatic rings. The Kier molecular flexibility index (Phi) is 9.20. The largest absolute Gasteiger partial charge is 0.479 e. The number of halogens is 1. The summed E-state index contributed by atoms with van der Waals surface area (Å²) in [6, 6.07) is 3.47. The van der Waals surface area contributed by atoms with Crippen LogP contribution in [0.2, 0.25) is 0 Å². The van der Waals surface area contributed by atoms with Gasteiger partial charge in [-0.15, -0.1) is 0 Å². The Labute approximate surface area is 260 Å². The summed E-state index contributed by atoms with van der Waals surface area (Å²) in [5.74, 6) is -4.73. The molecule has 3 amide bonds. The normalized spacial score (nSPS) is 29.3. The maximum absolute atomic E-state index is 14.3. The van der Waals surface area contributed by atoms with Crippen LogP contribution in [0.3, 0.4) is 0 Å². The second-order valence-corrected chi connectivity index (χ2v) is 13.2. The van der Waals surface area contributed by atoms with E-state index in [0.29, 0.717) is 24.2 Å². The van der Waals surface area contributed by atoms with Crippen molar-refractivity contribution in [1.82, 2.24) is 15.1 Å². The molecule has 1 aromatic carbocycles. The first-order valence-electron chi connectivity index (χ1n) is 15.3. The van der Waals surface area contributed by atoms with E-state index in [1.165, 1.54) is 15.9 Å². The zero-order valence-corrected chi connectivity index (χ0v) is 25.8. The van der Waals surface area contributed by atoms with Gasteiger partial charge in [0.15, 0.2) is 0 Å². The number of amides is 3. The molecule has 3 aliphatic heterocycles. The van der Waals surface area contributed by atoms with E-state index in [2.05, 4.69) is 5.32 Å². The fourth-order valence-corrected chi connectivity index (χ4v) is 6.24. The lowest BCUT2D eigenvalue weighted by atomic mass is 9.99. The first-order chi connectivity index (χ1) is 21.3. The van der Waals surface area contributed by atoms with Crippen LogP contribution in [0.25, 0.3) is 0 Å². The number of rotatable bonds is 4. The summed E-state index contributed by atoms with van der Waals surface area (Å²) < 4.78 is 31.2. The first kappa shape index (κ1) is 32.4.